The molecule has 1 unspecified atom stereocenters. The molecular formula is C14H18N4. The Morgan fingerprint density at radius 1 is 1.44 bits per heavy atom. The number of hydrogen-bond acceptors (Lipinski definition) is 3. The minimum atomic E-state index is 0.165. The lowest BCUT2D eigenvalue weighted by Crippen LogP contribution is -2.27. The van der Waals surface area contributed by atoms with Crippen molar-refractivity contribution in [2.24, 2.45) is 0 Å². The fourth-order valence-electron chi connectivity index (χ4n) is 2.70. The molecule has 0 aliphatic carbocycles. The molecule has 2 aromatic heterocycles. The van der Waals surface area contributed by atoms with Crippen LogP contribution in [0.25, 0.3) is 5.69 Å². The lowest BCUT2D eigenvalue weighted by Gasteiger charge is -2.24. The summed E-state index contributed by atoms with van der Waals surface area (Å²) in [4.78, 5) is 8.70. The normalized spacial score (nSPS) is 23.4. The van der Waals surface area contributed by atoms with Gasteiger partial charge < -0.3 is 9.88 Å². The molecule has 0 radical (unpaired) electrons. The second-order valence-corrected chi connectivity index (χ2v) is 5.24. The van der Waals surface area contributed by atoms with Gasteiger partial charge in [0.2, 0.25) is 0 Å². The molecule has 1 atom stereocenters. The van der Waals surface area contributed by atoms with Crippen molar-refractivity contribution in [3.8, 4) is 5.69 Å². The molecule has 0 spiro atoms. The maximum Gasteiger partial charge on any atom is 0.0994 e. The third kappa shape index (κ3) is 1.73. The van der Waals surface area contributed by atoms with Crippen LogP contribution in [0.15, 0.2) is 30.9 Å². The van der Waals surface area contributed by atoms with Crippen LogP contribution in [0.3, 0.4) is 0 Å². The van der Waals surface area contributed by atoms with Gasteiger partial charge in [0.15, 0.2) is 0 Å². The van der Waals surface area contributed by atoms with Crippen molar-refractivity contribution in [3.63, 3.8) is 0 Å². The second kappa shape index (κ2) is 4.21. The van der Waals surface area contributed by atoms with E-state index in [1.165, 1.54) is 5.69 Å². The lowest BCUT2D eigenvalue weighted by atomic mass is 9.86. The first-order valence-corrected chi connectivity index (χ1v) is 6.36. The van der Waals surface area contributed by atoms with E-state index >= 15 is 0 Å². The van der Waals surface area contributed by atoms with Crippen molar-refractivity contribution < 1.29 is 0 Å². The van der Waals surface area contributed by atoms with Crippen molar-refractivity contribution >= 4 is 0 Å². The van der Waals surface area contributed by atoms with Gasteiger partial charge in [-0.1, -0.05) is 6.92 Å². The monoisotopic (exact) mass is 242 g/mol. The molecule has 2 aromatic rings. The first-order valence-electron chi connectivity index (χ1n) is 6.36. The van der Waals surface area contributed by atoms with Crippen molar-refractivity contribution in [3.05, 3.63) is 42.2 Å². The van der Waals surface area contributed by atoms with E-state index in [1.54, 1.807) is 0 Å². The molecule has 3 rings (SSSR count). The minimum Gasteiger partial charge on any atom is -0.316 e. The van der Waals surface area contributed by atoms with Gasteiger partial charge in [0, 0.05) is 30.0 Å². The fourth-order valence-corrected chi connectivity index (χ4v) is 2.70. The number of nitrogens with one attached hydrogen (secondary N) is 1. The Bertz CT molecular complexity index is 552. The Labute approximate surface area is 107 Å². The summed E-state index contributed by atoms with van der Waals surface area (Å²) in [7, 11) is 0. The van der Waals surface area contributed by atoms with E-state index in [0.717, 1.165) is 30.9 Å². The van der Waals surface area contributed by atoms with Crippen LogP contribution in [0.2, 0.25) is 0 Å². The van der Waals surface area contributed by atoms with Gasteiger partial charge in [-0.15, -0.1) is 0 Å². The molecular weight excluding hydrogens is 224 g/mol. The summed E-state index contributed by atoms with van der Waals surface area (Å²) in [5.41, 5.74) is 3.59. The molecule has 1 aliphatic rings. The van der Waals surface area contributed by atoms with Crippen LogP contribution in [-0.2, 0) is 5.41 Å². The van der Waals surface area contributed by atoms with Crippen molar-refractivity contribution in [1.29, 1.82) is 0 Å². The average Bonchev–Trinajstić information content (AvgIpc) is 2.99. The zero-order valence-corrected chi connectivity index (χ0v) is 10.8. The molecule has 4 heteroatoms. The van der Waals surface area contributed by atoms with Gasteiger partial charge in [-0.3, -0.25) is 4.98 Å². The van der Waals surface area contributed by atoms with Crippen LogP contribution in [-0.4, -0.2) is 27.6 Å². The quantitative estimate of drug-likeness (QED) is 0.873. The number of aromatic nitrogens is 3. The smallest absolute Gasteiger partial charge is 0.0994 e. The van der Waals surface area contributed by atoms with Gasteiger partial charge in [0.1, 0.15) is 0 Å². The highest BCUT2D eigenvalue weighted by atomic mass is 15.1. The maximum absolute atomic E-state index is 4.36. The zero-order valence-electron chi connectivity index (χ0n) is 10.8. The second-order valence-electron chi connectivity index (χ2n) is 5.24. The molecule has 0 bridgehead atoms. The van der Waals surface area contributed by atoms with E-state index in [0.29, 0.717) is 0 Å². The molecule has 1 saturated heterocycles. The fraction of sp³-hybridized carbons (Fsp3) is 0.429. The van der Waals surface area contributed by atoms with E-state index in [9.17, 15) is 0 Å². The molecule has 0 saturated carbocycles. The van der Waals surface area contributed by atoms with Crippen LogP contribution in [0.4, 0.5) is 0 Å². The standard InChI is InChI=1S/C14H18N4/c1-11-12(4-3-6-17-11)18-10-16-8-13(18)14(2)5-7-15-9-14/h3-4,6,8,10,15H,5,7,9H2,1-2H3. The predicted molar refractivity (Wildman–Crippen MR) is 70.9 cm³/mol. The average molecular weight is 242 g/mol. The van der Waals surface area contributed by atoms with Gasteiger partial charge in [0.05, 0.1) is 17.7 Å². The number of hydrogen-bond donors (Lipinski definition) is 1. The van der Waals surface area contributed by atoms with E-state index in [2.05, 4.69) is 32.8 Å². The molecule has 3 heterocycles. The SMILES string of the molecule is Cc1ncccc1-n1cncc1C1(C)CCNC1. The molecule has 4 nitrogen and oxygen atoms in total. The summed E-state index contributed by atoms with van der Waals surface area (Å²) in [6.45, 7) is 6.42. The number of nitrogens with zero attached hydrogens (tertiary/aromatic N) is 3. The molecule has 1 aliphatic heterocycles. The summed E-state index contributed by atoms with van der Waals surface area (Å²) in [5, 5.41) is 3.44. The molecule has 1 N–H and O–H groups in total. The van der Waals surface area contributed by atoms with Crippen LogP contribution < -0.4 is 5.32 Å². The highest BCUT2D eigenvalue weighted by Crippen LogP contribution is 2.31. The van der Waals surface area contributed by atoms with Gasteiger partial charge in [-0.05, 0) is 32.0 Å². The van der Waals surface area contributed by atoms with Crippen LogP contribution in [0.5, 0.6) is 0 Å². The first kappa shape index (κ1) is 11.4. The number of pyridine rings is 1. The Morgan fingerprint density at radius 2 is 2.33 bits per heavy atom. The molecule has 94 valence electrons. The Balaban J connectivity index is 2.10. The van der Waals surface area contributed by atoms with Crippen LogP contribution in [0.1, 0.15) is 24.7 Å². The first-order chi connectivity index (χ1) is 8.71. The van der Waals surface area contributed by atoms with E-state index in [1.807, 2.05) is 31.7 Å². The van der Waals surface area contributed by atoms with Gasteiger partial charge in [-0.2, -0.15) is 0 Å². The number of imidazole rings is 1. The van der Waals surface area contributed by atoms with Gasteiger partial charge in [-0.25, -0.2) is 4.98 Å². The summed E-state index contributed by atoms with van der Waals surface area (Å²) in [6.07, 6.45) is 6.86. The topological polar surface area (TPSA) is 42.7 Å². The summed E-state index contributed by atoms with van der Waals surface area (Å²) < 4.78 is 2.18. The highest BCUT2D eigenvalue weighted by molar-refractivity contribution is 5.39. The molecule has 0 aromatic carbocycles. The van der Waals surface area contributed by atoms with Crippen LogP contribution in [0, 0.1) is 6.92 Å². The highest BCUT2D eigenvalue weighted by Gasteiger charge is 2.33. The van der Waals surface area contributed by atoms with Gasteiger partial charge >= 0.3 is 0 Å². The van der Waals surface area contributed by atoms with E-state index in [4.69, 9.17) is 0 Å². The zero-order chi connectivity index (χ0) is 12.6. The lowest BCUT2D eigenvalue weighted by molar-refractivity contribution is 0.498. The Hall–Kier alpha value is -1.68. The van der Waals surface area contributed by atoms with Crippen molar-refractivity contribution in [1.82, 2.24) is 19.9 Å². The number of aryl methyl sites for hydroxylation is 1. The summed E-state index contributed by atoms with van der Waals surface area (Å²) in [6, 6.07) is 4.07. The largest absolute Gasteiger partial charge is 0.316 e. The minimum absolute atomic E-state index is 0.165. The van der Waals surface area contributed by atoms with Crippen LogP contribution >= 0.6 is 0 Å². The third-order valence-electron chi connectivity index (χ3n) is 3.86. The Morgan fingerprint density at radius 3 is 3.06 bits per heavy atom. The third-order valence-corrected chi connectivity index (χ3v) is 3.86. The molecule has 1 fully saturated rings. The van der Waals surface area contributed by atoms with Crippen molar-refractivity contribution in [2.75, 3.05) is 13.1 Å². The summed E-state index contributed by atoms with van der Waals surface area (Å²) in [5.74, 6) is 0. The van der Waals surface area contributed by atoms with Gasteiger partial charge in [0.25, 0.3) is 0 Å². The predicted octanol–water partition coefficient (Wildman–Crippen LogP) is 1.83. The van der Waals surface area contributed by atoms with E-state index in [-0.39, 0.29) is 5.41 Å². The van der Waals surface area contributed by atoms with Crippen molar-refractivity contribution in [2.45, 2.75) is 25.7 Å². The number of rotatable bonds is 2. The molecule has 18 heavy (non-hydrogen) atoms. The molecule has 0 amide bonds. The maximum atomic E-state index is 4.36. The Kier molecular flexibility index (Phi) is 2.67. The van der Waals surface area contributed by atoms with E-state index < -0.39 is 0 Å². The summed E-state index contributed by atoms with van der Waals surface area (Å²) >= 11 is 0.